The highest BCUT2D eigenvalue weighted by Gasteiger charge is 2.21. The number of hydrogen-bond acceptors (Lipinski definition) is 3. The summed E-state index contributed by atoms with van der Waals surface area (Å²) < 4.78 is 0. The number of nitrogens with one attached hydrogen (secondary N) is 1. The highest BCUT2D eigenvalue weighted by Crippen LogP contribution is 2.34. The number of carbonyl (C=O) groups excluding carboxylic acids is 2. The summed E-state index contributed by atoms with van der Waals surface area (Å²) in [6.45, 7) is 3.20. The van der Waals surface area contributed by atoms with Crippen LogP contribution < -0.4 is 5.73 Å². The highest BCUT2D eigenvalue weighted by atomic mass is 16.2. The van der Waals surface area contributed by atoms with E-state index in [0.29, 0.717) is 16.6 Å². The highest BCUT2D eigenvalue weighted by molar-refractivity contribution is 6.17. The predicted octanol–water partition coefficient (Wildman–Crippen LogP) is 4.63. The minimum atomic E-state index is -0.488. The number of hydrogen-bond donors (Lipinski definition) is 2. The predicted molar refractivity (Wildman–Crippen MR) is 141 cm³/mol. The van der Waals surface area contributed by atoms with Crippen LogP contribution in [0.4, 0.5) is 0 Å². The maximum atomic E-state index is 13.1. The lowest BCUT2D eigenvalue weighted by Gasteiger charge is -2.32. The van der Waals surface area contributed by atoms with Crippen LogP contribution in [-0.2, 0) is 0 Å². The summed E-state index contributed by atoms with van der Waals surface area (Å²) in [6, 6.07) is 24.1. The molecule has 2 amide bonds. The second kappa shape index (κ2) is 8.25. The van der Waals surface area contributed by atoms with Gasteiger partial charge < -0.3 is 20.5 Å². The van der Waals surface area contributed by atoms with Crippen molar-refractivity contribution in [2.24, 2.45) is 5.73 Å². The maximum Gasteiger partial charge on any atom is 0.254 e. The van der Waals surface area contributed by atoms with Crippen LogP contribution in [-0.4, -0.2) is 59.8 Å². The number of fused-ring (bicyclic) bond motifs is 4. The van der Waals surface area contributed by atoms with Crippen LogP contribution >= 0.6 is 0 Å². The van der Waals surface area contributed by atoms with Crippen LogP contribution in [0.2, 0.25) is 0 Å². The molecule has 0 spiro atoms. The van der Waals surface area contributed by atoms with Gasteiger partial charge in [-0.15, -0.1) is 0 Å². The molecular formula is C29H26N4O2. The van der Waals surface area contributed by atoms with Crippen molar-refractivity contribution in [3.05, 3.63) is 83.9 Å². The first-order valence-electron chi connectivity index (χ1n) is 11.8. The lowest BCUT2D eigenvalue weighted by molar-refractivity contribution is 0.0664. The number of H-pyrrole nitrogens is 1. The van der Waals surface area contributed by atoms with Crippen molar-refractivity contribution in [3.63, 3.8) is 0 Å². The zero-order valence-electron chi connectivity index (χ0n) is 19.5. The van der Waals surface area contributed by atoms with Gasteiger partial charge in [0.25, 0.3) is 11.8 Å². The van der Waals surface area contributed by atoms with Crippen molar-refractivity contribution < 1.29 is 9.59 Å². The molecule has 1 fully saturated rings. The second-order valence-electron chi connectivity index (χ2n) is 9.35. The molecule has 5 aromatic rings. The number of amides is 2. The van der Waals surface area contributed by atoms with Crippen LogP contribution in [0.15, 0.2) is 72.8 Å². The molecule has 174 valence electrons. The molecular weight excluding hydrogens is 436 g/mol. The molecule has 0 saturated carbocycles. The van der Waals surface area contributed by atoms with Gasteiger partial charge in [0.05, 0.1) is 11.1 Å². The number of piperazine rings is 1. The molecule has 0 unspecified atom stereocenters. The third kappa shape index (κ3) is 3.72. The molecule has 1 aliphatic heterocycles. The second-order valence-corrected chi connectivity index (χ2v) is 9.35. The first kappa shape index (κ1) is 21.4. The summed E-state index contributed by atoms with van der Waals surface area (Å²) in [7, 11) is 2.07. The fourth-order valence-corrected chi connectivity index (χ4v) is 5.06. The van der Waals surface area contributed by atoms with Crippen LogP contribution in [0.25, 0.3) is 43.7 Å². The Bertz CT molecular complexity index is 1630. The van der Waals surface area contributed by atoms with Gasteiger partial charge in [-0.2, -0.15) is 0 Å². The van der Waals surface area contributed by atoms with Gasteiger partial charge in [0, 0.05) is 48.0 Å². The molecule has 1 aliphatic rings. The largest absolute Gasteiger partial charge is 0.366 e. The number of nitrogens with two attached hydrogens (primary N) is 1. The van der Waals surface area contributed by atoms with Crippen molar-refractivity contribution in [2.75, 3.05) is 33.2 Å². The third-order valence-electron chi connectivity index (χ3n) is 7.09. The molecule has 0 atom stereocenters. The molecule has 0 bridgehead atoms. The number of rotatable bonds is 3. The van der Waals surface area contributed by atoms with Crippen molar-refractivity contribution in [1.29, 1.82) is 0 Å². The third-order valence-corrected chi connectivity index (χ3v) is 7.09. The topological polar surface area (TPSA) is 82.4 Å². The number of nitrogens with zero attached hydrogens (tertiary/aromatic N) is 2. The zero-order chi connectivity index (χ0) is 24.1. The van der Waals surface area contributed by atoms with Crippen molar-refractivity contribution in [3.8, 4) is 11.1 Å². The van der Waals surface area contributed by atoms with E-state index in [4.69, 9.17) is 5.73 Å². The van der Waals surface area contributed by atoms with Crippen LogP contribution in [0.3, 0.4) is 0 Å². The molecule has 6 nitrogen and oxygen atoms in total. The quantitative estimate of drug-likeness (QED) is 0.410. The number of aromatic amines is 1. The minimum Gasteiger partial charge on any atom is -0.366 e. The van der Waals surface area contributed by atoms with Gasteiger partial charge in [0.1, 0.15) is 0 Å². The maximum absolute atomic E-state index is 13.1. The molecule has 3 N–H and O–H groups in total. The average Bonchev–Trinajstić information content (AvgIpc) is 3.25. The number of likely N-dealkylation sites (N-methyl/N-ethyl adjacent to an activating group) is 1. The van der Waals surface area contributed by atoms with Gasteiger partial charge in [-0.05, 0) is 59.3 Å². The molecule has 6 heteroatoms. The average molecular weight is 463 g/mol. The fourth-order valence-electron chi connectivity index (χ4n) is 5.06. The van der Waals surface area contributed by atoms with Crippen LogP contribution in [0, 0.1) is 0 Å². The molecule has 6 rings (SSSR count). The van der Waals surface area contributed by atoms with Crippen molar-refractivity contribution in [2.45, 2.75) is 0 Å². The standard InChI is InChI=1S/C29H26N4O2/c1-32-10-12-33(13-11-32)29(35)21-8-9-23-24-15-22(16-25(28(30)34)27(24)31-26(23)17-21)20-7-6-18-4-2-3-5-19(18)14-20/h2-9,14-17,31H,10-13H2,1H3,(H2,30,34). The number of benzene rings is 4. The van der Waals surface area contributed by atoms with Crippen molar-refractivity contribution in [1.82, 2.24) is 14.8 Å². The van der Waals surface area contributed by atoms with Gasteiger partial charge in [0.2, 0.25) is 0 Å². The van der Waals surface area contributed by atoms with Gasteiger partial charge in [0.15, 0.2) is 0 Å². The van der Waals surface area contributed by atoms with Gasteiger partial charge in [-0.25, -0.2) is 0 Å². The van der Waals surface area contributed by atoms with Crippen LogP contribution in [0.1, 0.15) is 20.7 Å². The molecule has 1 aromatic heterocycles. The molecule has 1 saturated heterocycles. The Kier molecular flexibility index (Phi) is 5.04. The smallest absolute Gasteiger partial charge is 0.254 e. The summed E-state index contributed by atoms with van der Waals surface area (Å²) in [5, 5.41) is 4.17. The van der Waals surface area contributed by atoms with Crippen molar-refractivity contribution >= 4 is 44.4 Å². The van der Waals surface area contributed by atoms with Gasteiger partial charge >= 0.3 is 0 Å². The lowest BCUT2D eigenvalue weighted by atomic mass is 9.97. The van der Waals surface area contributed by atoms with E-state index in [1.807, 2.05) is 41.3 Å². The summed E-state index contributed by atoms with van der Waals surface area (Å²) in [5.74, 6) is -0.455. The molecule has 0 aliphatic carbocycles. The van der Waals surface area contributed by atoms with E-state index >= 15 is 0 Å². The first-order valence-corrected chi connectivity index (χ1v) is 11.8. The van der Waals surface area contributed by atoms with E-state index in [1.165, 1.54) is 0 Å². The van der Waals surface area contributed by atoms with E-state index in [0.717, 1.165) is 64.4 Å². The molecule has 4 aromatic carbocycles. The van der Waals surface area contributed by atoms with E-state index < -0.39 is 5.91 Å². The molecule has 35 heavy (non-hydrogen) atoms. The van der Waals surface area contributed by atoms with E-state index in [2.05, 4.69) is 53.3 Å². The minimum absolute atomic E-state index is 0.0330. The Morgan fingerprint density at radius 3 is 2.34 bits per heavy atom. The zero-order valence-corrected chi connectivity index (χ0v) is 19.5. The Balaban J connectivity index is 1.46. The first-order chi connectivity index (χ1) is 17.0. The summed E-state index contributed by atoms with van der Waals surface area (Å²) in [4.78, 5) is 33.0. The Hall–Kier alpha value is -4.16. The SMILES string of the molecule is CN1CCN(C(=O)c2ccc3c(c2)[nH]c2c(C(N)=O)cc(-c4ccc5ccccc5c4)cc23)CC1. The van der Waals surface area contributed by atoms with Gasteiger partial charge in [-0.1, -0.05) is 42.5 Å². The fraction of sp³-hybridized carbons (Fsp3) is 0.172. The van der Waals surface area contributed by atoms with E-state index in [-0.39, 0.29) is 5.91 Å². The number of aromatic nitrogens is 1. The van der Waals surface area contributed by atoms with Gasteiger partial charge in [-0.3, -0.25) is 9.59 Å². The Labute approximate surface area is 202 Å². The molecule has 2 heterocycles. The summed E-state index contributed by atoms with van der Waals surface area (Å²) in [6.07, 6.45) is 0. The Morgan fingerprint density at radius 2 is 1.57 bits per heavy atom. The van der Waals surface area contributed by atoms with Crippen LogP contribution in [0.5, 0.6) is 0 Å². The molecule has 0 radical (unpaired) electrons. The summed E-state index contributed by atoms with van der Waals surface area (Å²) >= 11 is 0. The number of primary amides is 1. The normalized spacial score (nSPS) is 14.7. The number of carbonyl (C=O) groups is 2. The lowest BCUT2D eigenvalue weighted by Crippen LogP contribution is -2.47. The van der Waals surface area contributed by atoms with E-state index in [1.54, 1.807) is 0 Å². The Morgan fingerprint density at radius 1 is 0.800 bits per heavy atom. The monoisotopic (exact) mass is 462 g/mol. The summed E-state index contributed by atoms with van der Waals surface area (Å²) in [5.41, 5.74) is 10.3. The van der Waals surface area contributed by atoms with E-state index in [9.17, 15) is 9.59 Å².